The van der Waals surface area contributed by atoms with Crippen LogP contribution in [0.25, 0.3) is 11.1 Å². The highest BCUT2D eigenvalue weighted by Gasteiger charge is 2.18. The lowest BCUT2D eigenvalue weighted by Crippen LogP contribution is -1.92. The minimum atomic E-state index is 0.299. The van der Waals surface area contributed by atoms with Crippen molar-refractivity contribution in [3.8, 4) is 11.1 Å². The summed E-state index contributed by atoms with van der Waals surface area (Å²) in [5, 5.41) is 0. The third kappa shape index (κ3) is 1.80. The lowest BCUT2D eigenvalue weighted by atomic mass is 10.0. The van der Waals surface area contributed by atoms with Gasteiger partial charge in [-0.05, 0) is 28.8 Å². The van der Waals surface area contributed by atoms with Crippen LogP contribution in [0.3, 0.4) is 0 Å². The average Bonchev–Trinajstić information content (AvgIpc) is 2.69. The van der Waals surface area contributed by atoms with Crippen molar-refractivity contribution in [3.63, 3.8) is 0 Å². The molecule has 0 amide bonds. The van der Waals surface area contributed by atoms with Crippen LogP contribution in [0.5, 0.6) is 0 Å². The van der Waals surface area contributed by atoms with Gasteiger partial charge in [0.1, 0.15) is 11.6 Å². The maximum atomic E-state index is 11.4. The van der Waals surface area contributed by atoms with E-state index in [2.05, 4.69) is 11.1 Å². The summed E-state index contributed by atoms with van der Waals surface area (Å²) in [7, 11) is 0. The number of carbonyl (C=O) groups excluding carboxylic acids is 1. The molecule has 0 saturated heterocycles. The number of Topliss-reactive ketones (excluding diaryl/α,β-unsaturated/α-hetero) is 1. The van der Waals surface area contributed by atoms with Crippen LogP contribution in [0.2, 0.25) is 0 Å². The minimum Gasteiger partial charge on any atom is -0.384 e. The summed E-state index contributed by atoms with van der Waals surface area (Å²) in [5.74, 6) is 0.817. The number of ketones is 1. The van der Waals surface area contributed by atoms with Gasteiger partial charge in [0.15, 0.2) is 0 Å². The third-order valence-corrected chi connectivity index (χ3v) is 3.10. The highest BCUT2D eigenvalue weighted by Crippen LogP contribution is 2.26. The van der Waals surface area contributed by atoms with Crippen molar-refractivity contribution in [2.75, 3.05) is 5.73 Å². The molecule has 1 aromatic heterocycles. The maximum absolute atomic E-state index is 11.4. The van der Waals surface area contributed by atoms with Gasteiger partial charge in [0.05, 0.1) is 0 Å². The van der Waals surface area contributed by atoms with Crippen molar-refractivity contribution in [2.45, 2.75) is 12.8 Å². The normalized spacial score (nSPS) is 13.8. The predicted octanol–water partition coefficient (Wildman–Crippen LogP) is 2.00. The Labute approximate surface area is 99.3 Å². The summed E-state index contributed by atoms with van der Waals surface area (Å²) in [6.45, 7) is 0. The number of hydrogen-bond acceptors (Lipinski definition) is 3. The molecule has 3 heteroatoms. The van der Waals surface area contributed by atoms with E-state index in [0.717, 1.165) is 22.3 Å². The molecule has 3 nitrogen and oxygen atoms in total. The number of benzene rings is 1. The molecule has 3 rings (SSSR count). The van der Waals surface area contributed by atoms with Crippen molar-refractivity contribution < 1.29 is 4.79 Å². The van der Waals surface area contributed by atoms with E-state index < -0.39 is 0 Å². The third-order valence-electron chi connectivity index (χ3n) is 3.10. The smallest absolute Gasteiger partial charge is 0.141 e. The topological polar surface area (TPSA) is 56.0 Å². The van der Waals surface area contributed by atoms with E-state index in [1.165, 1.54) is 0 Å². The van der Waals surface area contributed by atoms with Crippen LogP contribution < -0.4 is 5.73 Å². The van der Waals surface area contributed by atoms with E-state index >= 15 is 0 Å². The van der Waals surface area contributed by atoms with Crippen molar-refractivity contribution in [1.82, 2.24) is 4.98 Å². The Kier molecular flexibility index (Phi) is 2.18. The standard InChI is InChI=1S/C14H12N2O/c15-14-4-3-11(8-16-14)9-1-2-10-6-13(17)7-12(10)5-9/h1-5,8H,6-7H2,(H2,15,16). The summed E-state index contributed by atoms with van der Waals surface area (Å²) >= 11 is 0. The molecule has 2 aromatic rings. The van der Waals surface area contributed by atoms with Gasteiger partial charge >= 0.3 is 0 Å². The summed E-state index contributed by atoms with van der Waals surface area (Å²) in [5.41, 5.74) is 9.97. The van der Waals surface area contributed by atoms with Gasteiger partial charge in [0.25, 0.3) is 0 Å². The number of nitrogens with two attached hydrogens (primary N) is 1. The molecule has 0 spiro atoms. The molecule has 17 heavy (non-hydrogen) atoms. The van der Waals surface area contributed by atoms with Crippen LogP contribution >= 0.6 is 0 Å². The Hall–Kier alpha value is -2.16. The number of nitrogens with zero attached hydrogens (tertiary/aromatic N) is 1. The second kappa shape index (κ2) is 3.70. The van der Waals surface area contributed by atoms with Crippen LogP contribution in [0.1, 0.15) is 11.1 Å². The molecule has 1 aromatic carbocycles. The molecule has 0 unspecified atom stereocenters. The van der Waals surface area contributed by atoms with Crippen LogP contribution in [0, 0.1) is 0 Å². The fourth-order valence-electron chi connectivity index (χ4n) is 2.21. The number of rotatable bonds is 1. The van der Waals surface area contributed by atoms with Crippen molar-refractivity contribution >= 4 is 11.6 Å². The zero-order valence-corrected chi connectivity index (χ0v) is 9.31. The molecule has 0 fully saturated rings. The van der Waals surface area contributed by atoms with Gasteiger partial charge in [0.2, 0.25) is 0 Å². The van der Waals surface area contributed by atoms with Gasteiger partial charge in [-0.25, -0.2) is 4.98 Å². The second-order valence-electron chi connectivity index (χ2n) is 4.35. The van der Waals surface area contributed by atoms with Crippen LogP contribution in [0.4, 0.5) is 5.82 Å². The number of fused-ring (bicyclic) bond motifs is 1. The molecule has 0 saturated carbocycles. The Balaban J connectivity index is 2.03. The zero-order chi connectivity index (χ0) is 11.8. The monoisotopic (exact) mass is 224 g/mol. The SMILES string of the molecule is Nc1ccc(-c2ccc3c(c2)CC(=O)C3)cn1. The maximum Gasteiger partial charge on any atom is 0.141 e. The van der Waals surface area contributed by atoms with E-state index in [-0.39, 0.29) is 0 Å². The van der Waals surface area contributed by atoms with Gasteiger partial charge < -0.3 is 5.73 Å². The average molecular weight is 224 g/mol. The number of nitrogen functional groups attached to an aromatic ring is 1. The fourth-order valence-corrected chi connectivity index (χ4v) is 2.21. The zero-order valence-electron chi connectivity index (χ0n) is 9.31. The summed E-state index contributed by atoms with van der Waals surface area (Å²) in [4.78, 5) is 15.4. The molecule has 0 radical (unpaired) electrons. The first-order valence-corrected chi connectivity index (χ1v) is 5.58. The Morgan fingerprint density at radius 1 is 1.00 bits per heavy atom. The van der Waals surface area contributed by atoms with Crippen molar-refractivity contribution in [3.05, 3.63) is 47.7 Å². The van der Waals surface area contributed by atoms with E-state index in [4.69, 9.17) is 5.73 Å². The van der Waals surface area contributed by atoms with Gasteiger partial charge in [-0.15, -0.1) is 0 Å². The molecule has 0 atom stereocenters. The highest BCUT2D eigenvalue weighted by molar-refractivity contribution is 5.88. The van der Waals surface area contributed by atoms with Gasteiger partial charge in [0, 0.05) is 24.6 Å². The molecule has 84 valence electrons. The number of pyridine rings is 1. The van der Waals surface area contributed by atoms with Crippen molar-refractivity contribution in [2.24, 2.45) is 0 Å². The number of hydrogen-bond donors (Lipinski definition) is 1. The lowest BCUT2D eigenvalue weighted by molar-refractivity contribution is -0.117. The largest absolute Gasteiger partial charge is 0.384 e. The van der Waals surface area contributed by atoms with Crippen LogP contribution in [-0.2, 0) is 17.6 Å². The van der Waals surface area contributed by atoms with E-state index in [1.807, 2.05) is 18.2 Å². The Morgan fingerprint density at radius 2 is 1.76 bits per heavy atom. The Morgan fingerprint density at radius 3 is 2.53 bits per heavy atom. The Bertz CT molecular complexity index is 588. The van der Waals surface area contributed by atoms with Gasteiger partial charge in [-0.3, -0.25) is 4.79 Å². The molecular formula is C14H12N2O. The van der Waals surface area contributed by atoms with Crippen LogP contribution in [-0.4, -0.2) is 10.8 Å². The minimum absolute atomic E-state index is 0.299. The summed E-state index contributed by atoms with van der Waals surface area (Å²) in [6.07, 6.45) is 2.90. The quantitative estimate of drug-likeness (QED) is 0.806. The van der Waals surface area contributed by atoms with Gasteiger partial charge in [-0.1, -0.05) is 18.2 Å². The molecular weight excluding hydrogens is 212 g/mol. The second-order valence-corrected chi connectivity index (χ2v) is 4.35. The van der Waals surface area contributed by atoms with Crippen molar-refractivity contribution in [1.29, 1.82) is 0 Å². The van der Waals surface area contributed by atoms with E-state index in [1.54, 1.807) is 12.3 Å². The predicted molar refractivity (Wildman–Crippen MR) is 66.5 cm³/mol. The fraction of sp³-hybridized carbons (Fsp3) is 0.143. The molecule has 0 aliphatic heterocycles. The molecule has 0 bridgehead atoms. The molecule has 1 aliphatic carbocycles. The number of carbonyl (C=O) groups is 1. The number of anilines is 1. The summed E-state index contributed by atoms with van der Waals surface area (Å²) in [6, 6.07) is 9.87. The summed E-state index contributed by atoms with van der Waals surface area (Å²) < 4.78 is 0. The van der Waals surface area contributed by atoms with E-state index in [0.29, 0.717) is 24.4 Å². The molecule has 1 heterocycles. The highest BCUT2D eigenvalue weighted by atomic mass is 16.1. The first-order chi connectivity index (χ1) is 8.22. The first-order valence-electron chi connectivity index (χ1n) is 5.58. The van der Waals surface area contributed by atoms with E-state index in [9.17, 15) is 4.79 Å². The molecule has 1 aliphatic rings. The van der Waals surface area contributed by atoms with Gasteiger partial charge in [-0.2, -0.15) is 0 Å². The first kappa shape index (κ1) is 10.0. The molecule has 2 N–H and O–H groups in total. The lowest BCUT2D eigenvalue weighted by Gasteiger charge is -2.04. The number of aromatic nitrogens is 1. The van der Waals surface area contributed by atoms with Crippen LogP contribution in [0.15, 0.2) is 36.5 Å².